The van der Waals surface area contributed by atoms with Crippen molar-refractivity contribution >= 4 is 50.5 Å². The summed E-state index contributed by atoms with van der Waals surface area (Å²) in [6, 6.07) is 15.7. The van der Waals surface area contributed by atoms with Crippen molar-refractivity contribution in [1.82, 2.24) is 0 Å². The second-order valence-corrected chi connectivity index (χ2v) is 7.11. The second kappa shape index (κ2) is 10.7. The average molecular weight is 397 g/mol. The van der Waals surface area contributed by atoms with Gasteiger partial charge in [-0.15, -0.1) is 24.3 Å². The topological polar surface area (TPSA) is 0 Å². The summed E-state index contributed by atoms with van der Waals surface area (Å²) in [4.78, 5) is 0. The van der Waals surface area contributed by atoms with Gasteiger partial charge in [-0.25, -0.2) is 0 Å². The minimum Gasteiger partial charge on any atom is -0.199 e. The van der Waals surface area contributed by atoms with Gasteiger partial charge in [0.1, 0.15) is 0 Å². The van der Waals surface area contributed by atoms with Gasteiger partial charge in [0.15, 0.2) is 0 Å². The van der Waals surface area contributed by atoms with E-state index >= 15 is 0 Å². The zero-order valence-corrected chi connectivity index (χ0v) is 15.9. The third kappa shape index (κ3) is 8.32. The van der Waals surface area contributed by atoms with Gasteiger partial charge in [0.2, 0.25) is 0 Å². The number of thiol groups is 4. The number of hydrogen-bond donors (Lipinski definition) is 4. The Morgan fingerprint density at radius 1 is 0.571 bits per heavy atom. The summed E-state index contributed by atoms with van der Waals surface area (Å²) in [6.07, 6.45) is 0. The van der Waals surface area contributed by atoms with E-state index in [9.17, 15) is 0 Å². The van der Waals surface area contributed by atoms with E-state index in [0.717, 1.165) is 22.3 Å². The molecule has 0 aliphatic rings. The van der Waals surface area contributed by atoms with E-state index in [4.69, 9.17) is 0 Å². The number of benzene rings is 2. The fourth-order valence-electron chi connectivity index (χ4n) is 1.38. The molecular weight excluding hydrogens is 379 g/mol. The first-order valence-electron chi connectivity index (χ1n) is 5.96. The minimum absolute atomic E-state index is 0. The van der Waals surface area contributed by atoms with Crippen LogP contribution in [0, 0.1) is 13.8 Å². The van der Waals surface area contributed by atoms with E-state index in [0.29, 0.717) is 0 Å². The maximum Gasteiger partial charge on any atom is 2.00 e. The molecular formula is C16H18NiS4. The standard InChI is InChI=1S/2C8H9S2.Ni/c2*1-6-2-4-7(5-3-6)8(9)10;/h2*2-5,8-10H,1H2;/q2*-1;+2. The second-order valence-electron chi connectivity index (χ2n) is 4.23. The number of hydrogen-bond acceptors (Lipinski definition) is 4. The van der Waals surface area contributed by atoms with E-state index in [2.05, 4.69) is 64.4 Å². The Hall–Kier alpha value is 0.0735. The predicted molar refractivity (Wildman–Crippen MR) is 103 cm³/mol. The van der Waals surface area contributed by atoms with Gasteiger partial charge < -0.3 is 0 Å². The molecule has 0 fully saturated rings. The third-order valence-corrected chi connectivity index (χ3v) is 3.75. The van der Waals surface area contributed by atoms with Crippen LogP contribution in [0.4, 0.5) is 0 Å². The quantitative estimate of drug-likeness (QED) is 0.220. The average Bonchev–Trinajstić information content (AvgIpc) is 2.40. The van der Waals surface area contributed by atoms with Crippen LogP contribution in [-0.4, -0.2) is 0 Å². The summed E-state index contributed by atoms with van der Waals surface area (Å²) in [6.45, 7) is 7.54. The molecule has 0 aliphatic carbocycles. The molecule has 116 valence electrons. The van der Waals surface area contributed by atoms with Crippen molar-refractivity contribution in [3.8, 4) is 0 Å². The van der Waals surface area contributed by atoms with E-state index in [1.54, 1.807) is 0 Å². The largest absolute Gasteiger partial charge is 2.00 e. The Bertz CT molecular complexity index is 457. The Balaban J connectivity index is 0.000000364. The molecule has 21 heavy (non-hydrogen) atoms. The fourth-order valence-corrected chi connectivity index (χ4v) is 2.07. The smallest absolute Gasteiger partial charge is 0.199 e. The van der Waals surface area contributed by atoms with Gasteiger partial charge in [-0.3, -0.25) is 0 Å². The van der Waals surface area contributed by atoms with Crippen molar-refractivity contribution in [2.45, 2.75) is 9.16 Å². The zero-order valence-electron chi connectivity index (χ0n) is 11.3. The van der Waals surface area contributed by atoms with Crippen LogP contribution in [0.2, 0.25) is 0 Å². The van der Waals surface area contributed by atoms with Crippen molar-refractivity contribution in [3.63, 3.8) is 0 Å². The summed E-state index contributed by atoms with van der Waals surface area (Å²) in [7, 11) is 0. The van der Waals surface area contributed by atoms with Crippen LogP contribution in [0.3, 0.4) is 0 Å². The summed E-state index contributed by atoms with van der Waals surface area (Å²) in [5, 5.41) is 0. The molecule has 0 aromatic heterocycles. The monoisotopic (exact) mass is 396 g/mol. The molecule has 0 nitrogen and oxygen atoms in total. The van der Waals surface area contributed by atoms with E-state index in [1.165, 1.54) is 0 Å². The van der Waals surface area contributed by atoms with Crippen LogP contribution in [0.5, 0.6) is 0 Å². The fraction of sp³-hybridized carbons (Fsp3) is 0.125. The first-order valence-corrected chi connectivity index (χ1v) is 8.03. The molecule has 0 saturated carbocycles. The van der Waals surface area contributed by atoms with Crippen molar-refractivity contribution in [2.75, 3.05) is 0 Å². The Kier molecular flexibility index (Phi) is 10.8. The molecule has 0 amide bonds. The first kappa shape index (κ1) is 21.1. The zero-order chi connectivity index (χ0) is 15.1. The van der Waals surface area contributed by atoms with Crippen LogP contribution < -0.4 is 0 Å². The maximum atomic E-state index is 4.17. The molecule has 5 heteroatoms. The van der Waals surface area contributed by atoms with Crippen LogP contribution in [0.15, 0.2) is 48.5 Å². The summed E-state index contributed by atoms with van der Waals surface area (Å²) in [5.41, 5.74) is 4.26. The molecule has 2 rings (SSSR count). The number of rotatable bonds is 2. The molecule has 0 saturated heterocycles. The van der Waals surface area contributed by atoms with Crippen molar-refractivity contribution in [1.29, 1.82) is 0 Å². The molecule has 0 bridgehead atoms. The molecule has 0 atom stereocenters. The van der Waals surface area contributed by atoms with Gasteiger partial charge in [-0.1, -0.05) is 0 Å². The molecule has 0 unspecified atom stereocenters. The molecule has 2 aromatic rings. The van der Waals surface area contributed by atoms with E-state index < -0.39 is 0 Å². The van der Waals surface area contributed by atoms with Crippen LogP contribution in [0.1, 0.15) is 31.4 Å². The first-order chi connectivity index (χ1) is 9.40. The van der Waals surface area contributed by atoms with Gasteiger partial charge in [0.05, 0.1) is 9.16 Å². The molecule has 0 N–H and O–H groups in total. The van der Waals surface area contributed by atoms with Crippen molar-refractivity contribution < 1.29 is 16.5 Å². The summed E-state index contributed by atoms with van der Waals surface area (Å²) < 4.78 is 0.0289. The van der Waals surface area contributed by atoms with Crippen LogP contribution in [0.25, 0.3) is 0 Å². The Morgan fingerprint density at radius 3 is 1.00 bits per heavy atom. The molecule has 0 radical (unpaired) electrons. The summed E-state index contributed by atoms with van der Waals surface area (Å²) in [5.74, 6) is 0. The van der Waals surface area contributed by atoms with E-state index in [1.807, 2.05) is 48.5 Å². The SMILES string of the molecule is [CH2-]c1ccc(C(S)S)cc1.[CH2-]c1ccc(C(S)S)cc1.[Ni+2]. The Morgan fingerprint density at radius 2 is 0.810 bits per heavy atom. The summed E-state index contributed by atoms with van der Waals surface area (Å²) >= 11 is 16.7. The maximum absolute atomic E-state index is 4.17. The molecule has 2 aromatic carbocycles. The molecule has 0 heterocycles. The van der Waals surface area contributed by atoms with Crippen molar-refractivity contribution in [3.05, 3.63) is 84.6 Å². The molecule has 0 aliphatic heterocycles. The molecule has 0 spiro atoms. The van der Waals surface area contributed by atoms with Gasteiger partial charge in [0.25, 0.3) is 0 Å². The van der Waals surface area contributed by atoms with Gasteiger partial charge >= 0.3 is 16.5 Å². The normalized spacial score (nSPS) is 9.81. The van der Waals surface area contributed by atoms with Crippen LogP contribution >= 0.6 is 50.5 Å². The van der Waals surface area contributed by atoms with Crippen molar-refractivity contribution in [2.24, 2.45) is 0 Å². The van der Waals surface area contributed by atoms with Gasteiger partial charge in [-0.2, -0.15) is 99.8 Å². The third-order valence-electron chi connectivity index (χ3n) is 2.56. The van der Waals surface area contributed by atoms with E-state index in [-0.39, 0.29) is 25.7 Å². The predicted octanol–water partition coefficient (Wildman–Crippen LogP) is 5.45. The van der Waals surface area contributed by atoms with Gasteiger partial charge in [-0.05, 0) is 11.1 Å². The Labute approximate surface area is 160 Å². The van der Waals surface area contributed by atoms with Crippen LogP contribution in [-0.2, 0) is 16.5 Å². The van der Waals surface area contributed by atoms with Gasteiger partial charge in [0, 0.05) is 0 Å². The minimum atomic E-state index is 0.